The van der Waals surface area contributed by atoms with Crippen molar-refractivity contribution in [3.63, 3.8) is 0 Å². The lowest BCUT2D eigenvalue weighted by Gasteiger charge is -2.27. The molecule has 0 aliphatic heterocycles. The molecule has 2 nitrogen and oxygen atoms in total. The van der Waals surface area contributed by atoms with Gasteiger partial charge in [-0.3, -0.25) is 0 Å². The molecule has 0 bridgehead atoms. The molecule has 3 rings (SSSR count). The van der Waals surface area contributed by atoms with Gasteiger partial charge in [0.25, 0.3) is 0 Å². The molecule has 0 heterocycles. The molecule has 23 heavy (non-hydrogen) atoms. The molecule has 2 heteroatoms. The van der Waals surface area contributed by atoms with Crippen LogP contribution in [0.4, 0.5) is 17.1 Å². The first kappa shape index (κ1) is 14.9. The minimum Gasteiger partial charge on any atom is -0.495 e. The minimum absolute atomic E-state index is 0.825. The lowest BCUT2D eigenvalue weighted by atomic mass is 10.1. The van der Waals surface area contributed by atoms with Crippen LogP contribution in [0.5, 0.6) is 5.75 Å². The van der Waals surface area contributed by atoms with Crippen molar-refractivity contribution in [3.8, 4) is 5.75 Å². The van der Waals surface area contributed by atoms with Crippen molar-refractivity contribution in [1.82, 2.24) is 0 Å². The van der Waals surface area contributed by atoms with Gasteiger partial charge in [0, 0.05) is 11.4 Å². The van der Waals surface area contributed by atoms with Gasteiger partial charge in [0.05, 0.1) is 12.8 Å². The third-order valence-electron chi connectivity index (χ3n) is 3.68. The number of para-hydroxylation sites is 3. The summed E-state index contributed by atoms with van der Waals surface area (Å²) in [5.74, 6) is 0.825. The molecule has 0 aromatic heterocycles. The Labute approximate surface area is 137 Å². The maximum atomic E-state index is 5.59. The largest absolute Gasteiger partial charge is 0.495 e. The molecule has 0 unspecified atom stereocenters. The molecule has 0 aliphatic rings. The quantitative estimate of drug-likeness (QED) is 0.607. The molecule has 0 saturated carbocycles. The van der Waals surface area contributed by atoms with E-state index in [1.807, 2.05) is 48.5 Å². The van der Waals surface area contributed by atoms with E-state index in [9.17, 15) is 0 Å². The SMILES string of the molecule is [CH]=Cc1ccc(N(c2ccccc2)c2ccccc2OC)cc1. The second-order valence-electron chi connectivity index (χ2n) is 5.10. The van der Waals surface area contributed by atoms with E-state index in [-0.39, 0.29) is 0 Å². The van der Waals surface area contributed by atoms with E-state index < -0.39 is 0 Å². The summed E-state index contributed by atoms with van der Waals surface area (Å²) in [6.07, 6.45) is 1.60. The fourth-order valence-corrected chi connectivity index (χ4v) is 2.55. The van der Waals surface area contributed by atoms with Crippen LogP contribution in [0.15, 0.2) is 78.9 Å². The summed E-state index contributed by atoms with van der Waals surface area (Å²) in [6, 6.07) is 26.3. The summed E-state index contributed by atoms with van der Waals surface area (Å²) in [5.41, 5.74) is 4.10. The zero-order valence-electron chi connectivity index (χ0n) is 13.0. The number of rotatable bonds is 5. The van der Waals surface area contributed by atoms with E-state index >= 15 is 0 Å². The van der Waals surface area contributed by atoms with Gasteiger partial charge in [0.1, 0.15) is 5.75 Å². The Morgan fingerprint density at radius 1 is 0.783 bits per heavy atom. The highest BCUT2D eigenvalue weighted by molar-refractivity contribution is 5.80. The number of hydrogen-bond acceptors (Lipinski definition) is 2. The molecule has 0 atom stereocenters. The van der Waals surface area contributed by atoms with Gasteiger partial charge in [-0.05, 0) is 42.0 Å². The third kappa shape index (κ3) is 3.11. The zero-order valence-corrected chi connectivity index (χ0v) is 13.0. The van der Waals surface area contributed by atoms with Crippen LogP contribution in [0, 0.1) is 6.58 Å². The highest BCUT2D eigenvalue weighted by atomic mass is 16.5. The van der Waals surface area contributed by atoms with Crippen LogP contribution in [0.2, 0.25) is 0 Å². The molecule has 0 saturated heterocycles. The maximum absolute atomic E-state index is 5.59. The van der Waals surface area contributed by atoms with Crippen LogP contribution in [0.3, 0.4) is 0 Å². The Bertz CT molecular complexity index is 778. The number of benzene rings is 3. The fraction of sp³-hybridized carbons (Fsp3) is 0.0476. The molecule has 113 valence electrons. The van der Waals surface area contributed by atoms with E-state index in [4.69, 9.17) is 11.3 Å². The van der Waals surface area contributed by atoms with E-state index in [2.05, 4.69) is 35.2 Å². The van der Waals surface area contributed by atoms with Gasteiger partial charge in [0.15, 0.2) is 0 Å². The van der Waals surface area contributed by atoms with Crippen LogP contribution in [0.25, 0.3) is 6.08 Å². The van der Waals surface area contributed by atoms with E-state index in [0.29, 0.717) is 0 Å². The number of ether oxygens (including phenoxy) is 1. The first-order valence-electron chi connectivity index (χ1n) is 7.46. The molecule has 3 aromatic carbocycles. The van der Waals surface area contributed by atoms with Crippen LogP contribution in [-0.2, 0) is 0 Å². The Kier molecular flexibility index (Phi) is 4.44. The first-order valence-corrected chi connectivity index (χ1v) is 7.46. The van der Waals surface area contributed by atoms with Gasteiger partial charge >= 0.3 is 0 Å². The van der Waals surface area contributed by atoms with Gasteiger partial charge in [-0.2, -0.15) is 0 Å². The van der Waals surface area contributed by atoms with Crippen LogP contribution in [-0.4, -0.2) is 7.11 Å². The Hall–Kier alpha value is -3.00. The van der Waals surface area contributed by atoms with Gasteiger partial charge in [-0.15, -0.1) is 0 Å². The average molecular weight is 300 g/mol. The third-order valence-corrected chi connectivity index (χ3v) is 3.68. The highest BCUT2D eigenvalue weighted by Gasteiger charge is 2.15. The van der Waals surface area contributed by atoms with E-state index in [1.54, 1.807) is 13.2 Å². The summed E-state index contributed by atoms with van der Waals surface area (Å²) >= 11 is 0. The van der Waals surface area contributed by atoms with Crippen LogP contribution in [0.1, 0.15) is 5.56 Å². The second kappa shape index (κ2) is 6.84. The van der Waals surface area contributed by atoms with Gasteiger partial charge in [-0.1, -0.05) is 55.1 Å². The van der Waals surface area contributed by atoms with Crippen molar-refractivity contribution < 1.29 is 4.74 Å². The molecule has 0 spiro atoms. The predicted octanol–water partition coefficient (Wildman–Crippen LogP) is 5.61. The Morgan fingerprint density at radius 2 is 1.39 bits per heavy atom. The van der Waals surface area contributed by atoms with Crippen molar-refractivity contribution in [2.45, 2.75) is 0 Å². The summed E-state index contributed by atoms with van der Waals surface area (Å²) in [7, 11) is 1.69. The van der Waals surface area contributed by atoms with Crippen LogP contribution >= 0.6 is 0 Å². The lowest BCUT2D eigenvalue weighted by Crippen LogP contribution is -2.11. The monoisotopic (exact) mass is 300 g/mol. The number of hydrogen-bond donors (Lipinski definition) is 0. The second-order valence-corrected chi connectivity index (χ2v) is 5.10. The normalized spacial score (nSPS) is 10.1. The van der Waals surface area contributed by atoms with Crippen LogP contribution < -0.4 is 9.64 Å². The predicted molar refractivity (Wildman–Crippen MR) is 96.4 cm³/mol. The van der Waals surface area contributed by atoms with Crippen molar-refractivity contribution in [2.24, 2.45) is 0 Å². The lowest BCUT2D eigenvalue weighted by molar-refractivity contribution is 0.416. The molecule has 0 aliphatic carbocycles. The average Bonchev–Trinajstić information content (AvgIpc) is 2.64. The molecule has 3 aromatic rings. The molecular weight excluding hydrogens is 282 g/mol. The molecule has 0 fully saturated rings. The first-order chi connectivity index (χ1) is 11.3. The molecule has 1 radical (unpaired) electrons. The van der Waals surface area contributed by atoms with Crippen molar-refractivity contribution >= 4 is 23.1 Å². The van der Waals surface area contributed by atoms with Crippen molar-refractivity contribution in [3.05, 3.63) is 91.0 Å². The standard InChI is InChI=1S/C21H18NO/c1-3-17-13-15-19(16-14-17)22(18-9-5-4-6-10-18)20-11-7-8-12-21(20)23-2/h1,3-16H,2H3. The summed E-state index contributed by atoms with van der Waals surface area (Å²) in [6.45, 7) is 5.59. The highest BCUT2D eigenvalue weighted by Crippen LogP contribution is 2.39. The smallest absolute Gasteiger partial charge is 0.142 e. The summed E-state index contributed by atoms with van der Waals surface area (Å²) in [5, 5.41) is 0. The van der Waals surface area contributed by atoms with Crippen molar-refractivity contribution in [1.29, 1.82) is 0 Å². The zero-order chi connectivity index (χ0) is 16.1. The maximum Gasteiger partial charge on any atom is 0.142 e. The Balaban J connectivity index is 2.15. The molecule has 0 amide bonds. The molecular formula is C21H18NO. The number of anilines is 3. The topological polar surface area (TPSA) is 12.5 Å². The number of methoxy groups -OCH3 is 1. The number of nitrogens with zero attached hydrogens (tertiary/aromatic N) is 1. The summed E-state index contributed by atoms with van der Waals surface area (Å²) in [4.78, 5) is 2.17. The fourth-order valence-electron chi connectivity index (χ4n) is 2.55. The van der Waals surface area contributed by atoms with E-state index in [1.165, 1.54) is 0 Å². The van der Waals surface area contributed by atoms with Crippen molar-refractivity contribution in [2.75, 3.05) is 12.0 Å². The summed E-state index contributed by atoms with van der Waals surface area (Å²) < 4.78 is 5.55. The van der Waals surface area contributed by atoms with Gasteiger partial charge in [0.2, 0.25) is 0 Å². The molecule has 0 N–H and O–H groups in total. The van der Waals surface area contributed by atoms with E-state index in [0.717, 1.165) is 28.4 Å². The Morgan fingerprint density at radius 3 is 2.04 bits per heavy atom. The minimum atomic E-state index is 0.825. The van der Waals surface area contributed by atoms with Gasteiger partial charge < -0.3 is 9.64 Å². The van der Waals surface area contributed by atoms with Gasteiger partial charge in [-0.25, -0.2) is 0 Å².